The Labute approximate surface area is 118 Å². The van der Waals surface area contributed by atoms with Crippen LogP contribution < -0.4 is 0 Å². The van der Waals surface area contributed by atoms with Crippen LogP contribution in [-0.4, -0.2) is 40.0 Å². The first-order valence-corrected chi connectivity index (χ1v) is 6.97. The van der Waals surface area contributed by atoms with E-state index >= 15 is 0 Å². The molecule has 1 saturated heterocycles. The van der Waals surface area contributed by atoms with Gasteiger partial charge in [0.25, 0.3) is 0 Å². The number of pyridine rings is 1. The van der Waals surface area contributed by atoms with Gasteiger partial charge in [-0.2, -0.15) is 0 Å². The summed E-state index contributed by atoms with van der Waals surface area (Å²) >= 11 is 0. The second kappa shape index (κ2) is 6.03. The van der Waals surface area contributed by atoms with Crippen molar-refractivity contribution in [3.8, 4) is 0 Å². The molecule has 2 heterocycles. The van der Waals surface area contributed by atoms with Gasteiger partial charge in [-0.05, 0) is 37.0 Å². The topological polar surface area (TPSA) is 70.5 Å². The molecule has 1 aromatic rings. The normalized spacial score (nSPS) is 22.6. The fraction of sp³-hybridized carbons (Fsp3) is 0.533. The van der Waals surface area contributed by atoms with Crippen molar-refractivity contribution in [2.24, 2.45) is 5.41 Å². The van der Waals surface area contributed by atoms with E-state index in [0.717, 1.165) is 12.0 Å². The van der Waals surface area contributed by atoms with Crippen molar-refractivity contribution in [3.05, 3.63) is 30.1 Å². The van der Waals surface area contributed by atoms with Crippen LogP contribution in [0.1, 0.15) is 31.7 Å². The van der Waals surface area contributed by atoms with Crippen molar-refractivity contribution >= 4 is 11.9 Å². The predicted octanol–water partition coefficient (Wildman–Crippen LogP) is 1.73. The molecule has 1 aliphatic rings. The number of piperidine rings is 1. The molecule has 1 amide bonds. The lowest BCUT2D eigenvalue weighted by molar-refractivity contribution is -0.155. The van der Waals surface area contributed by atoms with Crippen LogP contribution in [0.15, 0.2) is 24.5 Å². The van der Waals surface area contributed by atoms with Crippen molar-refractivity contribution in [2.75, 3.05) is 13.1 Å². The van der Waals surface area contributed by atoms with E-state index in [9.17, 15) is 14.7 Å². The van der Waals surface area contributed by atoms with E-state index in [1.165, 1.54) is 0 Å². The molecule has 1 fully saturated rings. The third kappa shape index (κ3) is 2.98. The molecule has 0 bridgehead atoms. The van der Waals surface area contributed by atoms with Gasteiger partial charge in [0, 0.05) is 25.5 Å². The SMILES string of the molecule is CCC1(C(=O)O)CCCN(C(=O)Cc2ccncc2)C1. The molecule has 1 N–H and O–H groups in total. The number of likely N-dealkylation sites (tertiary alicyclic amines) is 1. The molecule has 2 rings (SSSR count). The van der Waals surface area contributed by atoms with Gasteiger partial charge in [0.1, 0.15) is 0 Å². The molecule has 0 aromatic carbocycles. The summed E-state index contributed by atoms with van der Waals surface area (Å²) in [5.41, 5.74) is 0.139. The third-order valence-corrected chi connectivity index (χ3v) is 4.16. The molecule has 1 aliphatic heterocycles. The van der Waals surface area contributed by atoms with Gasteiger partial charge in [-0.25, -0.2) is 0 Å². The van der Waals surface area contributed by atoms with Crippen LogP contribution in [0.2, 0.25) is 0 Å². The smallest absolute Gasteiger partial charge is 0.311 e. The summed E-state index contributed by atoms with van der Waals surface area (Å²) in [4.78, 5) is 29.4. The fourth-order valence-corrected chi connectivity index (χ4v) is 2.75. The number of rotatable bonds is 4. The molecule has 1 atom stereocenters. The van der Waals surface area contributed by atoms with Gasteiger partial charge in [0.05, 0.1) is 11.8 Å². The van der Waals surface area contributed by atoms with Gasteiger partial charge in [0.2, 0.25) is 5.91 Å². The average molecular weight is 276 g/mol. The van der Waals surface area contributed by atoms with Gasteiger partial charge >= 0.3 is 5.97 Å². The van der Waals surface area contributed by atoms with E-state index in [1.807, 2.05) is 19.1 Å². The third-order valence-electron chi connectivity index (χ3n) is 4.16. The summed E-state index contributed by atoms with van der Waals surface area (Å²) in [6.07, 6.45) is 5.59. The molecule has 20 heavy (non-hydrogen) atoms. The molecule has 5 nitrogen and oxygen atoms in total. The van der Waals surface area contributed by atoms with Gasteiger partial charge < -0.3 is 10.0 Å². The monoisotopic (exact) mass is 276 g/mol. The number of carbonyl (C=O) groups is 2. The zero-order chi connectivity index (χ0) is 14.6. The van der Waals surface area contributed by atoms with Crippen LogP contribution in [0.5, 0.6) is 0 Å². The highest BCUT2D eigenvalue weighted by molar-refractivity contribution is 5.81. The quantitative estimate of drug-likeness (QED) is 0.909. The average Bonchev–Trinajstić information content (AvgIpc) is 2.48. The molecule has 1 unspecified atom stereocenters. The van der Waals surface area contributed by atoms with E-state index in [0.29, 0.717) is 32.4 Å². The highest BCUT2D eigenvalue weighted by Crippen LogP contribution is 2.33. The molecule has 0 spiro atoms. The number of amides is 1. The second-order valence-corrected chi connectivity index (χ2v) is 5.39. The predicted molar refractivity (Wildman–Crippen MR) is 74.1 cm³/mol. The molecule has 1 aromatic heterocycles. The number of hydrogen-bond donors (Lipinski definition) is 1. The van der Waals surface area contributed by atoms with Crippen molar-refractivity contribution in [1.29, 1.82) is 0 Å². The van der Waals surface area contributed by atoms with Crippen LogP contribution in [0.3, 0.4) is 0 Å². The summed E-state index contributed by atoms with van der Waals surface area (Å²) in [6.45, 7) is 2.85. The molecular formula is C15H20N2O3. The van der Waals surface area contributed by atoms with Crippen molar-refractivity contribution in [1.82, 2.24) is 9.88 Å². The zero-order valence-corrected chi connectivity index (χ0v) is 11.7. The van der Waals surface area contributed by atoms with E-state index in [-0.39, 0.29) is 5.91 Å². The largest absolute Gasteiger partial charge is 0.481 e. The Hall–Kier alpha value is -1.91. The molecule has 5 heteroatoms. The number of carboxylic acid groups (broad SMARTS) is 1. The van der Waals surface area contributed by atoms with Crippen LogP contribution in [-0.2, 0) is 16.0 Å². The van der Waals surface area contributed by atoms with Gasteiger partial charge in [-0.15, -0.1) is 0 Å². The Morgan fingerprint density at radius 1 is 1.40 bits per heavy atom. The second-order valence-electron chi connectivity index (χ2n) is 5.39. The highest BCUT2D eigenvalue weighted by Gasteiger charge is 2.41. The zero-order valence-electron chi connectivity index (χ0n) is 11.7. The van der Waals surface area contributed by atoms with Crippen molar-refractivity contribution < 1.29 is 14.7 Å². The molecular weight excluding hydrogens is 256 g/mol. The minimum absolute atomic E-state index is 0.00465. The van der Waals surface area contributed by atoms with Crippen LogP contribution in [0, 0.1) is 5.41 Å². The first kappa shape index (κ1) is 14.5. The summed E-state index contributed by atoms with van der Waals surface area (Å²) in [5, 5.41) is 9.43. The van der Waals surface area contributed by atoms with E-state index in [2.05, 4.69) is 4.98 Å². The van der Waals surface area contributed by atoms with Gasteiger partial charge in [0.15, 0.2) is 0 Å². The lowest BCUT2D eigenvalue weighted by Crippen LogP contribution is -2.50. The summed E-state index contributed by atoms with van der Waals surface area (Å²) in [6, 6.07) is 3.62. The molecule has 108 valence electrons. The number of aliphatic carboxylic acids is 1. The Morgan fingerprint density at radius 3 is 2.70 bits per heavy atom. The summed E-state index contributed by atoms with van der Waals surface area (Å²) in [7, 11) is 0. The van der Waals surface area contributed by atoms with Crippen LogP contribution in [0.25, 0.3) is 0 Å². The van der Waals surface area contributed by atoms with Crippen LogP contribution >= 0.6 is 0 Å². The maximum atomic E-state index is 12.3. The minimum atomic E-state index is -0.790. The number of carboxylic acids is 1. The van der Waals surface area contributed by atoms with Crippen molar-refractivity contribution in [2.45, 2.75) is 32.6 Å². The Morgan fingerprint density at radius 2 is 2.10 bits per heavy atom. The van der Waals surface area contributed by atoms with Gasteiger partial charge in [-0.1, -0.05) is 6.92 Å². The lowest BCUT2D eigenvalue weighted by Gasteiger charge is -2.39. The number of hydrogen-bond acceptors (Lipinski definition) is 3. The maximum absolute atomic E-state index is 12.3. The highest BCUT2D eigenvalue weighted by atomic mass is 16.4. The Balaban J connectivity index is 2.05. The van der Waals surface area contributed by atoms with E-state index in [1.54, 1.807) is 17.3 Å². The van der Waals surface area contributed by atoms with E-state index in [4.69, 9.17) is 0 Å². The van der Waals surface area contributed by atoms with Crippen molar-refractivity contribution in [3.63, 3.8) is 0 Å². The maximum Gasteiger partial charge on any atom is 0.311 e. The molecule has 0 saturated carbocycles. The first-order valence-electron chi connectivity index (χ1n) is 6.97. The summed E-state index contributed by atoms with van der Waals surface area (Å²) < 4.78 is 0. The van der Waals surface area contributed by atoms with Gasteiger partial charge in [-0.3, -0.25) is 14.6 Å². The lowest BCUT2D eigenvalue weighted by atomic mass is 9.77. The Bertz CT molecular complexity index is 489. The Kier molecular flexibility index (Phi) is 4.37. The fourth-order valence-electron chi connectivity index (χ4n) is 2.75. The first-order chi connectivity index (χ1) is 9.57. The molecule has 0 aliphatic carbocycles. The standard InChI is InChI=1S/C15H20N2O3/c1-2-15(14(19)20)6-3-9-17(11-15)13(18)10-12-4-7-16-8-5-12/h4-5,7-8H,2-3,6,9-11H2,1H3,(H,19,20). The van der Waals surface area contributed by atoms with E-state index < -0.39 is 11.4 Å². The number of carbonyl (C=O) groups excluding carboxylic acids is 1. The number of nitrogens with zero attached hydrogens (tertiary/aromatic N) is 2. The number of aromatic nitrogens is 1. The van der Waals surface area contributed by atoms with Crippen LogP contribution in [0.4, 0.5) is 0 Å². The minimum Gasteiger partial charge on any atom is -0.481 e. The molecule has 0 radical (unpaired) electrons. The summed E-state index contributed by atoms with van der Waals surface area (Å²) in [5.74, 6) is -0.795.